The number of hydrogen-bond donors (Lipinski definition) is 3. The topological polar surface area (TPSA) is 95.7 Å². The number of benzene rings is 1. The molecule has 1 heterocycles. The fraction of sp³-hybridized carbons (Fsp3) is 0.429. The minimum atomic E-state index is -1.41. The zero-order valence-electron chi connectivity index (χ0n) is 11.7. The second-order valence-corrected chi connectivity index (χ2v) is 5.06. The molecule has 0 aliphatic carbocycles. The largest absolute Gasteiger partial charge is 0.465 e. The molecular weight excluding hydrogens is 277 g/mol. The second-order valence-electron chi connectivity index (χ2n) is 5.06. The summed E-state index contributed by atoms with van der Waals surface area (Å²) in [6.07, 6.45) is -1.19. The zero-order chi connectivity index (χ0) is 15.6. The summed E-state index contributed by atoms with van der Waals surface area (Å²) in [4.78, 5) is 25.1. The van der Waals surface area contributed by atoms with Gasteiger partial charge in [-0.2, -0.15) is 0 Å². The van der Waals surface area contributed by atoms with Gasteiger partial charge in [0.25, 0.3) is 0 Å². The molecule has 2 rings (SSSR count). The summed E-state index contributed by atoms with van der Waals surface area (Å²) in [5.74, 6) is -0.843. The molecule has 1 atom stereocenters. The van der Waals surface area contributed by atoms with Crippen LogP contribution in [0.1, 0.15) is 11.1 Å². The van der Waals surface area contributed by atoms with Crippen LogP contribution in [0, 0.1) is 12.7 Å². The molecule has 0 radical (unpaired) electrons. The van der Waals surface area contributed by atoms with Gasteiger partial charge in [0.1, 0.15) is 11.4 Å². The van der Waals surface area contributed by atoms with Crippen molar-refractivity contribution in [3.05, 3.63) is 35.1 Å². The molecule has 0 bridgehead atoms. The Morgan fingerprint density at radius 3 is 2.81 bits per heavy atom. The quantitative estimate of drug-likeness (QED) is 0.752. The van der Waals surface area contributed by atoms with E-state index in [0.717, 1.165) is 4.90 Å². The lowest BCUT2D eigenvalue weighted by atomic mass is 9.80. The number of ketones is 1. The third-order valence-corrected chi connectivity index (χ3v) is 3.87. The Balaban J connectivity index is 2.65. The molecular formula is C14H18FN3O3. The molecule has 0 saturated carbocycles. The van der Waals surface area contributed by atoms with Gasteiger partial charge in [-0.15, -0.1) is 0 Å². The number of nitrogens with zero attached hydrogens (tertiary/aromatic N) is 1. The third-order valence-electron chi connectivity index (χ3n) is 3.87. The Kier molecular flexibility index (Phi) is 4.24. The smallest absolute Gasteiger partial charge is 0.408 e. The number of carbonyl (C=O) groups excluding carboxylic acids is 1. The van der Waals surface area contributed by atoms with Crippen LogP contribution in [-0.2, 0) is 10.3 Å². The number of halogens is 1. The van der Waals surface area contributed by atoms with Crippen molar-refractivity contribution in [2.75, 3.05) is 26.2 Å². The van der Waals surface area contributed by atoms with E-state index in [9.17, 15) is 19.1 Å². The normalized spacial score (nSPS) is 22.1. The van der Waals surface area contributed by atoms with Crippen molar-refractivity contribution in [3.63, 3.8) is 0 Å². The van der Waals surface area contributed by atoms with E-state index in [1.54, 1.807) is 6.92 Å². The number of piperazine rings is 1. The van der Waals surface area contributed by atoms with Crippen molar-refractivity contribution in [1.29, 1.82) is 0 Å². The Morgan fingerprint density at radius 1 is 1.52 bits per heavy atom. The molecule has 6 nitrogen and oxygen atoms in total. The molecule has 114 valence electrons. The number of carboxylic acid groups (broad SMARTS) is 1. The van der Waals surface area contributed by atoms with Crippen molar-refractivity contribution in [1.82, 2.24) is 10.2 Å². The van der Waals surface area contributed by atoms with Crippen LogP contribution in [0.25, 0.3) is 0 Å². The van der Waals surface area contributed by atoms with Gasteiger partial charge in [0.05, 0.1) is 6.54 Å². The molecule has 1 saturated heterocycles. The van der Waals surface area contributed by atoms with Gasteiger partial charge in [-0.3, -0.25) is 9.69 Å². The van der Waals surface area contributed by atoms with Gasteiger partial charge in [-0.25, -0.2) is 9.18 Å². The maximum atomic E-state index is 13.3. The molecule has 0 aromatic heterocycles. The zero-order valence-corrected chi connectivity index (χ0v) is 11.7. The van der Waals surface area contributed by atoms with Crippen LogP contribution >= 0.6 is 0 Å². The van der Waals surface area contributed by atoms with Gasteiger partial charge in [0.2, 0.25) is 0 Å². The standard InChI is InChI=1S/C14H18FN3O3/c1-9-6-10(15)2-3-11(9)14(12(19)7-16)8-17-4-5-18(14)13(20)21/h2-3,6,17H,4-5,7-8,16H2,1H3,(H,20,21). The van der Waals surface area contributed by atoms with Crippen molar-refractivity contribution in [3.8, 4) is 0 Å². The third kappa shape index (κ3) is 2.50. The van der Waals surface area contributed by atoms with Crippen LogP contribution in [-0.4, -0.2) is 48.1 Å². The lowest BCUT2D eigenvalue weighted by Crippen LogP contribution is -2.65. The van der Waals surface area contributed by atoms with Crippen molar-refractivity contribution < 1.29 is 19.1 Å². The molecule has 1 aromatic carbocycles. The molecule has 7 heteroatoms. The maximum absolute atomic E-state index is 13.3. The van der Waals surface area contributed by atoms with Crippen LogP contribution in [0.2, 0.25) is 0 Å². The number of nitrogens with two attached hydrogens (primary N) is 1. The first kappa shape index (κ1) is 15.4. The first-order valence-corrected chi connectivity index (χ1v) is 6.64. The summed E-state index contributed by atoms with van der Waals surface area (Å²) in [6, 6.07) is 3.97. The van der Waals surface area contributed by atoms with Crippen LogP contribution in [0.15, 0.2) is 18.2 Å². The van der Waals surface area contributed by atoms with E-state index >= 15 is 0 Å². The van der Waals surface area contributed by atoms with E-state index < -0.39 is 23.2 Å². The van der Waals surface area contributed by atoms with E-state index in [-0.39, 0.29) is 19.6 Å². The molecule has 21 heavy (non-hydrogen) atoms. The predicted octanol–water partition coefficient (Wildman–Crippen LogP) is 0.440. The van der Waals surface area contributed by atoms with Crippen LogP contribution in [0.5, 0.6) is 0 Å². The van der Waals surface area contributed by atoms with Crippen molar-refractivity contribution in [2.24, 2.45) is 5.73 Å². The Morgan fingerprint density at radius 2 is 2.24 bits per heavy atom. The van der Waals surface area contributed by atoms with E-state index in [1.165, 1.54) is 18.2 Å². The average molecular weight is 295 g/mol. The minimum absolute atomic E-state index is 0.127. The summed E-state index contributed by atoms with van der Waals surface area (Å²) < 4.78 is 13.3. The summed E-state index contributed by atoms with van der Waals surface area (Å²) in [5.41, 5.74) is 5.08. The molecule has 1 aliphatic heterocycles. The Bertz CT molecular complexity index is 579. The highest BCUT2D eigenvalue weighted by Crippen LogP contribution is 2.33. The number of Topliss-reactive ketones (excluding diaryl/α,β-unsaturated/α-hetero) is 1. The van der Waals surface area contributed by atoms with Gasteiger partial charge in [-0.1, -0.05) is 6.07 Å². The van der Waals surface area contributed by atoms with Crippen molar-refractivity contribution in [2.45, 2.75) is 12.5 Å². The Labute approximate surface area is 121 Å². The van der Waals surface area contributed by atoms with Crippen LogP contribution in [0.4, 0.5) is 9.18 Å². The number of rotatable bonds is 3. The first-order valence-electron chi connectivity index (χ1n) is 6.64. The van der Waals surface area contributed by atoms with Gasteiger partial charge < -0.3 is 16.2 Å². The number of carbonyl (C=O) groups is 2. The van der Waals surface area contributed by atoms with Gasteiger partial charge in [0.15, 0.2) is 5.78 Å². The molecule has 4 N–H and O–H groups in total. The highest BCUT2D eigenvalue weighted by atomic mass is 19.1. The maximum Gasteiger partial charge on any atom is 0.408 e. The van der Waals surface area contributed by atoms with Gasteiger partial charge in [0, 0.05) is 19.6 Å². The molecule has 1 unspecified atom stereocenters. The van der Waals surface area contributed by atoms with Crippen molar-refractivity contribution >= 4 is 11.9 Å². The fourth-order valence-corrected chi connectivity index (χ4v) is 2.91. The minimum Gasteiger partial charge on any atom is -0.465 e. The summed E-state index contributed by atoms with van der Waals surface area (Å²) >= 11 is 0. The average Bonchev–Trinajstić information content (AvgIpc) is 2.46. The lowest BCUT2D eigenvalue weighted by molar-refractivity contribution is -0.130. The molecule has 0 spiro atoms. The van der Waals surface area contributed by atoms with Gasteiger partial charge in [-0.05, 0) is 30.2 Å². The van der Waals surface area contributed by atoms with E-state index in [0.29, 0.717) is 17.7 Å². The van der Waals surface area contributed by atoms with Crippen LogP contribution in [0.3, 0.4) is 0 Å². The van der Waals surface area contributed by atoms with Crippen LogP contribution < -0.4 is 11.1 Å². The highest BCUT2D eigenvalue weighted by Gasteiger charge is 2.49. The molecule has 1 amide bonds. The second kappa shape index (κ2) is 5.79. The lowest BCUT2D eigenvalue weighted by Gasteiger charge is -2.45. The predicted molar refractivity (Wildman–Crippen MR) is 74.5 cm³/mol. The Hall–Kier alpha value is -1.99. The number of hydrogen-bond acceptors (Lipinski definition) is 4. The summed E-state index contributed by atoms with van der Waals surface area (Å²) in [5, 5.41) is 12.5. The number of aryl methyl sites for hydroxylation is 1. The summed E-state index contributed by atoms with van der Waals surface area (Å²) in [7, 11) is 0. The van der Waals surface area contributed by atoms with Gasteiger partial charge >= 0.3 is 6.09 Å². The number of amides is 1. The SMILES string of the molecule is Cc1cc(F)ccc1C1(C(=O)CN)CNCCN1C(=O)O. The summed E-state index contributed by atoms with van der Waals surface area (Å²) in [6.45, 7) is 2.10. The monoisotopic (exact) mass is 295 g/mol. The highest BCUT2D eigenvalue weighted by molar-refractivity contribution is 5.94. The first-order chi connectivity index (χ1) is 9.93. The molecule has 1 fully saturated rings. The number of nitrogens with one attached hydrogen (secondary N) is 1. The van der Waals surface area contributed by atoms with E-state index in [2.05, 4.69) is 5.32 Å². The fourth-order valence-electron chi connectivity index (χ4n) is 2.91. The molecule has 1 aliphatic rings. The van der Waals surface area contributed by atoms with E-state index in [4.69, 9.17) is 5.73 Å². The molecule has 1 aromatic rings. The van der Waals surface area contributed by atoms with E-state index in [1.807, 2.05) is 0 Å².